The third kappa shape index (κ3) is 2.16. The first-order valence-electron chi connectivity index (χ1n) is 10.8. The molecule has 0 aliphatic heterocycles. The summed E-state index contributed by atoms with van der Waals surface area (Å²) in [5, 5.41) is 0. The SMILES string of the molecule is CC1C2CC(C(=O)OC3(C4CC5CCC4C5)CCCC3)C(C2)C1C. The van der Waals surface area contributed by atoms with Crippen molar-refractivity contribution in [2.45, 2.75) is 83.7 Å². The summed E-state index contributed by atoms with van der Waals surface area (Å²) in [6, 6.07) is 0. The van der Waals surface area contributed by atoms with Crippen molar-refractivity contribution < 1.29 is 9.53 Å². The molecule has 5 rings (SSSR count). The Labute approximate surface area is 147 Å². The average molecular weight is 331 g/mol. The quantitative estimate of drug-likeness (QED) is 0.664. The van der Waals surface area contributed by atoms with Crippen LogP contribution >= 0.6 is 0 Å². The van der Waals surface area contributed by atoms with Gasteiger partial charge in [-0.3, -0.25) is 4.79 Å². The minimum Gasteiger partial charge on any atom is -0.459 e. The zero-order valence-corrected chi connectivity index (χ0v) is 15.5. The van der Waals surface area contributed by atoms with Crippen molar-refractivity contribution in [2.24, 2.45) is 47.3 Å². The smallest absolute Gasteiger partial charge is 0.309 e. The van der Waals surface area contributed by atoms with E-state index < -0.39 is 0 Å². The molecule has 0 amide bonds. The van der Waals surface area contributed by atoms with Gasteiger partial charge in [-0.05, 0) is 93.3 Å². The van der Waals surface area contributed by atoms with Crippen LogP contribution in [0.2, 0.25) is 0 Å². The fourth-order valence-corrected chi connectivity index (χ4v) is 7.90. The summed E-state index contributed by atoms with van der Waals surface area (Å²) < 4.78 is 6.52. The zero-order valence-electron chi connectivity index (χ0n) is 15.5. The van der Waals surface area contributed by atoms with E-state index in [9.17, 15) is 4.79 Å². The molecule has 134 valence electrons. The molecule has 0 spiro atoms. The van der Waals surface area contributed by atoms with Gasteiger partial charge in [-0.25, -0.2) is 0 Å². The molecule has 0 N–H and O–H groups in total. The highest BCUT2D eigenvalue weighted by Gasteiger charge is 2.56. The Balaban J connectivity index is 1.33. The maximum atomic E-state index is 13.2. The summed E-state index contributed by atoms with van der Waals surface area (Å²) in [7, 11) is 0. The molecular formula is C22H34O2. The van der Waals surface area contributed by atoms with Crippen LogP contribution < -0.4 is 0 Å². The fourth-order valence-electron chi connectivity index (χ4n) is 7.90. The molecule has 0 aromatic heterocycles. The van der Waals surface area contributed by atoms with E-state index in [-0.39, 0.29) is 17.5 Å². The second-order valence-corrected chi connectivity index (χ2v) is 10.2. The summed E-state index contributed by atoms with van der Waals surface area (Å²) in [6.07, 6.45) is 12.8. The maximum Gasteiger partial charge on any atom is 0.309 e. The minimum absolute atomic E-state index is 0.0619. The van der Waals surface area contributed by atoms with E-state index in [0.717, 1.165) is 42.9 Å². The Kier molecular flexibility index (Phi) is 3.59. The normalized spacial score (nSPS) is 51.4. The first kappa shape index (κ1) is 15.7. The third-order valence-corrected chi connectivity index (χ3v) is 9.37. The fraction of sp³-hybridized carbons (Fsp3) is 0.955. The number of rotatable bonds is 3. The number of hydrogen-bond donors (Lipinski definition) is 0. The third-order valence-electron chi connectivity index (χ3n) is 9.37. The van der Waals surface area contributed by atoms with Crippen molar-refractivity contribution >= 4 is 5.97 Å². The highest BCUT2D eigenvalue weighted by atomic mass is 16.6. The van der Waals surface area contributed by atoms with Crippen molar-refractivity contribution in [2.75, 3.05) is 0 Å². The lowest BCUT2D eigenvalue weighted by Gasteiger charge is -2.41. The van der Waals surface area contributed by atoms with Crippen LogP contribution in [0, 0.1) is 47.3 Å². The second-order valence-electron chi connectivity index (χ2n) is 10.2. The molecule has 5 aliphatic carbocycles. The van der Waals surface area contributed by atoms with Gasteiger partial charge in [0.25, 0.3) is 0 Å². The first-order chi connectivity index (χ1) is 11.6. The van der Waals surface area contributed by atoms with E-state index in [1.165, 1.54) is 44.9 Å². The van der Waals surface area contributed by atoms with Crippen molar-refractivity contribution in [3.05, 3.63) is 0 Å². The van der Waals surface area contributed by atoms with Gasteiger partial charge in [-0.1, -0.05) is 20.3 Å². The molecule has 0 radical (unpaired) electrons. The van der Waals surface area contributed by atoms with Crippen LogP contribution in [0.25, 0.3) is 0 Å². The molecule has 0 heterocycles. The standard InChI is InChI=1S/C22H34O2/c1-13-14(2)18-11-17(13)12-19(18)21(23)24-22(7-3-4-8-22)20-10-15-5-6-16(20)9-15/h13-20H,3-12H2,1-2H3. The molecule has 5 aliphatic rings. The number of esters is 1. The molecule has 24 heavy (non-hydrogen) atoms. The van der Waals surface area contributed by atoms with Crippen LogP contribution in [-0.4, -0.2) is 11.6 Å². The van der Waals surface area contributed by atoms with Gasteiger partial charge in [0.15, 0.2) is 0 Å². The Morgan fingerprint density at radius 2 is 1.71 bits per heavy atom. The van der Waals surface area contributed by atoms with Crippen molar-refractivity contribution in [3.8, 4) is 0 Å². The lowest BCUT2D eigenvalue weighted by Crippen LogP contribution is -2.45. The Bertz CT molecular complexity index is 518. The van der Waals surface area contributed by atoms with E-state index >= 15 is 0 Å². The van der Waals surface area contributed by atoms with Crippen LogP contribution in [0.15, 0.2) is 0 Å². The molecule has 2 heteroatoms. The summed E-state index contributed by atoms with van der Waals surface area (Å²) >= 11 is 0. The Hall–Kier alpha value is -0.530. The van der Waals surface area contributed by atoms with Gasteiger partial charge in [0.1, 0.15) is 5.60 Å². The molecular weight excluding hydrogens is 296 g/mol. The number of ether oxygens (including phenoxy) is 1. The van der Waals surface area contributed by atoms with E-state index in [4.69, 9.17) is 4.74 Å². The van der Waals surface area contributed by atoms with Gasteiger partial charge < -0.3 is 4.74 Å². The average Bonchev–Trinajstić information content (AvgIpc) is 3.36. The van der Waals surface area contributed by atoms with E-state index in [1.54, 1.807) is 0 Å². The lowest BCUT2D eigenvalue weighted by molar-refractivity contribution is -0.176. The van der Waals surface area contributed by atoms with Crippen molar-refractivity contribution in [1.82, 2.24) is 0 Å². The summed E-state index contributed by atoms with van der Waals surface area (Å²) in [5.41, 5.74) is -0.0619. The second kappa shape index (κ2) is 5.48. The molecule has 0 aromatic rings. The number of fused-ring (bicyclic) bond motifs is 4. The van der Waals surface area contributed by atoms with Crippen LogP contribution in [0.5, 0.6) is 0 Å². The maximum absolute atomic E-state index is 13.2. The predicted octanol–water partition coefficient (Wildman–Crippen LogP) is 5.21. The van der Waals surface area contributed by atoms with Gasteiger partial charge in [0.2, 0.25) is 0 Å². The molecule has 8 atom stereocenters. The topological polar surface area (TPSA) is 26.3 Å². The minimum atomic E-state index is -0.0619. The van der Waals surface area contributed by atoms with Gasteiger partial charge in [0.05, 0.1) is 5.92 Å². The van der Waals surface area contributed by atoms with Crippen molar-refractivity contribution in [3.63, 3.8) is 0 Å². The van der Waals surface area contributed by atoms with Crippen molar-refractivity contribution in [1.29, 1.82) is 0 Å². The van der Waals surface area contributed by atoms with Crippen LogP contribution in [0.3, 0.4) is 0 Å². The highest BCUT2D eigenvalue weighted by molar-refractivity contribution is 5.74. The first-order valence-corrected chi connectivity index (χ1v) is 10.8. The number of carbonyl (C=O) groups is 1. The zero-order chi connectivity index (χ0) is 16.5. The predicted molar refractivity (Wildman–Crippen MR) is 94.3 cm³/mol. The molecule has 0 saturated heterocycles. The summed E-state index contributed by atoms with van der Waals surface area (Å²) in [4.78, 5) is 13.2. The highest BCUT2D eigenvalue weighted by Crippen LogP contribution is 2.59. The molecule has 5 saturated carbocycles. The van der Waals surface area contributed by atoms with Crippen LogP contribution in [-0.2, 0) is 9.53 Å². The monoisotopic (exact) mass is 330 g/mol. The summed E-state index contributed by atoms with van der Waals surface area (Å²) in [5.74, 6) is 5.83. The van der Waals surface area contributed by atoms with Gasteiger partial charge in [-0.2, -0.15) is 0 Å². The number of carbonyl (C=O) groups excluding carboxylic acids is 1. The van der Waals surface area contributed by atoms with Crippen LogP contribution in [0.4, 0.5) is 0 Å². The largest absolute Gasteiger partial charge is 0.459 e. The van der Waals surface area contributed by atoms with Gasteiger partial charge in [0, 0.05) is 5.92 Å². The molecule has 2 nitrogen and oxygen atoms in total. The van der Waals surface area contributed by atoms with Crippen LogP contribution in [0.1, 0.15) is 78.1 Å². The summed E-state index contributed by atoms with van der Waals surface area (Å²) in [6.45, 7) is 4.76. The molecule has 0 aromatic carbocycles. The molecule has 4 bridgehead atoms. The Morgan fingerprint density at radius 1 is 0.917 bits per heavy atom. The molecule has 8 unspecified atom stereocenters. The Morgan fingerprint density at radius 3 is 2.29 bits per heavy atom. The van der Waals surface area contributed by atoms with E-state index in [2.05, 4.69) is 13.8 Å². The van der Waals surface area contributed by atoms with E-state index in [1.807, 2.05) is 0 Å². The van der Waals surface area contributed by atoms with Gasteiger partial charge in [-0.15, -0.1) is 0 Å². The van der Waals surface area contributed by atoms with E-state index in [0.29, 0.717) is 17.8 Å². The number of hydrogen-bond acceptors (Lipinski definition) is 2. The van der Waals surface area contributed by atoms with Gasteiger partial charge >= 0.3 is 5.97 Å². The molecule has 5 fully saturated rings. The lowest BCUT2D eigenvalue weighted by atomic mass is 9.74.